The summed E-state index contributed by atoms with van der Waals surface area (Å²) in [6.45, 7) is -0.430. The molecule has 0 amide bonds. The summed E-state index contributed by atoms with van der Waals surface area (Å²) in [5.74, 6) is -0.00409. The van der Waals surface area contributed by atoms with Crippen LogP contribution in [0.15, 0.2) is 12.3 Å². The van der Waals surface area contributed by atoms with E-state index in [4.69, 9.17) is 20.8 Å². The minimum Gasteiger partial charge on any atom is -0.394 e. The van der Waals surface area contributed by atoms with Gasteiger partial charge in [0.15, 0.2) is 0 Å². The Morgan fingerprint density at radius 3 is 2.81 bits per heavy atom. The minimum absolute atomic E-state index is 0.00409. The smallest absolute Gasteiger partial charge is 0.238 e. The van der Waals surface area contributed by atoms with Crippen molar-refractivity contribution in [3.8, 4) is 6.07 Å². The topological polar surface area (TPSA) is 150 Å². The number of aromatic nitrogens is 3. The number of nitrogen functional groups attached to an aromatic ring is 1. The lowest BCUT2D eigenvalue weighted by molar-refractivity contribution is -0.0244. The van der Waals surface area contributed by atoms with E-state index in [-0.39, 0.29) is 5.95 Å². The molecule has 1 aliphatic heterocycles. The number of ether oxygens (including phenoxy) is 1. The fourth-order valence-corrected chi connectivity index (χ4v) is 2.46. The number of fused-ring (bicyclic) bond motifs is 1. The second kappa shape index (κ2) is 4.94. The van der Waals surface area contributed by atoms with Crippen LogP contribution in [0.3, 0.4) is 0 Å². The third kappa shape index (κ3) is 2.01. The number of nitrogens with zero attached hydrogens (tertiary/aromatic N) is 4. The molecule has 2 aromatic heterocycles. The van der Waals surface area contributed by atoms with Crippen molar-refractivity contribution in [1.82, 2.24) is 14.6 Å². The monoisotopic (exact) mass is 291 g/mol. The van der Waals surface area contributed by atoms with Gasteiger partial charge in [0.2, 0.25) is 5.95 Å². The van der Waals surface area contributed by atoms with Gasteiger partial charge < -0.3 is 25.8 Å². The van der Waals surface area contributed by atoms with Crippen LogP contribution in [-0.4, -0.2) is 54.8 Å². The molecule has 5 N–H and O–H groups in total. The van der Waals surface area contributed by atoms with E-state index in [2.05, 4.69) is 10.1 Å². The average molecular weight is 291 g/mol. The molecule has 0 saturated carbocycles. The fraction of sp³-hybridized carbons (Fsp3) is 0.417. The number of rotatable bonds is 2. The van der Waals surface area contributed by atoms with Gasteiger partial charge in [-0.05, 0) is 6.07 Å². The van der Waals surface area contributed by atoms with E-state index >= 15 is 0 Å². The Morgan fingerprint density at radius 1 is 1.43 bits per heavy atom. The van der Waals surface area contributed by atoms with Crippen molar-refractivity contribution in [2.75, 3.05) is 12.3 Å². The number of aliphatic hydroxyl groups excluding tert-OH is 3. The fourth-order valence-electron chi connectivity index (χ4n) is 2.46. The number of hydrogen-bond donors (Lipinski definition) is 4. The van der Waals surface area contributed by atoms with Crippen LogP contribution in [0, 0.1) is 11.3 Å². The molecular formula is C12H13N5O4. The van der Waals surface area contributed by atoms with E-state index in [0.29, 0.717) is 16.8 Å². The van der Waals surface area contributed by atoms with Crippen LogP contribution in [-0.2, 0) is 4.74 Å². The van der Waals surface area contributed by atoms with Gasteiger partial charge in [0.25, 0.3) is 0 Å². The van der Waals surface area contributed by atoms with Crippen molar-refractivity contribution >= 4 is 11.5 Å². The van der Waals surface area contributed by atoms with Crippen molar-refractivity contribution < 1.29 is 20.1 Å². The standard InChI is InChI=1S/C12H13N5O4/c13-2-5-1-6(17-7(5)3-15-12(14)16-17)11-10(20)9(19)8(4-18)21-11/h1,3,8-11,18-20H,4H2,(H2,14,16)/t8-,9-,10-,11+/m1/s1. The molecule has 4 atom stereocenters. The number of nitriles is 1. The summed E-state index contributed by atoms with van der Waals surface area (Å²) < 4.78 is 6.79. The molecule has 0 aromatic carbocycles. The molecule has 1 aliphatic rings. The molecule has 21 heavy (non-hydrogen) atoms. The number of anilines is 1. The maximum absolute atomic E-state index is 10.1. The first-order valence-electron chi connectivity index (χ1n) is 6.23. The van der Waals surface area contributed by atoms with Gasteiger partial charge in [-0.25, -0.2) is 9.50 Å². The molecule has 0 unspecified atom stereocenters. The Balaban J connectivity index is 2.13. The van der Waals surface area contributed by atoms with Crippen LogP contribution < -0.4 is 5.73 Å². The van der Waals surface area contributed by atoms with Gasteiger partial charge >= 0.3 is 0 Å². The molecule has 0 radical (unpaired) electrons. The zero-order valence-electron chi connectivity index (χ0n) is 10.8. The molecule has 0 bridgehead atoms. The molecule has 110 valence electrons. The lowest BCUT2D eigenvalue weighted by Gasteiger charge is -2.14. The predicted octanol–water partition coefficient (Wildman–Crippen LogP) is -1.66. The zero-order valence-corrected chi connectivity index (χ0v) is 10.8. The van der Waals surface area contributed by atoms with Gasteiger partial charge in [-0.1, -0.05) is 0 Å². The summed E-state index contributed by atoms with van der Waals surface area (Å²) in [5.41, 5.74) is 6.61. The molecule has 9 nitrogen and oxygen atoms in total. The van der Waals surface area contributed by atoms with E-state index in [1.165, 1.54) is 16.8 Å². The molecular weight excluding hydrogens is 278 g/mol. The third-order valence-electron chi connectivity index (χ3n) is 3.52. The SMILES string of the molecule is N#Cc1cc([C@@H]2O[C@H](CO)[C@@H](O)[C@H]2O)n2nc(N)ncc12. The van der Waals surface area contributed by atoms with Gasteiger partial charge in [-0.15, -0.1) is 5.10 Å². The maximum Gasteiger partial charge on any atom is 0.238 e. The Bertz CT molecular complexity index is 724. The summed E-state index contributed by atoms with van der Waals surface area (Å²) in [6, 6.07) is 3.48. The quantitative estimate of drug-likeness (QED) is 0.513. The molecule has 3 heterocycles. The van der Waals surface area contributed by atoms with Gasteiger partial charge in [-0.3, -0.25) is 0 Å². The first kappa shape index (κ1) is 13.7. The lowest BCUT2D eigenvalue weighted by Crippen LogP contribution is -2.32. The van der Waals surface area contributed by atoms with Crippen molar-refractivity contribution in [2.45, 2.75) is 24.4 Å². The Hall–Kier alpha value is -2.25. The van der Waals surface area contributed by atoms with Gasteiger partial charge in [0.1, 0.15) is 36.0 Å². The van der Waals surface area contributed by atoms with Crippen LogP contribution in [0.2, 0.25) is 0 Å². The summed E-state index contributed by atoms with van der Waals surface area (Å²) >= 11 is 0. The Kier molecular flexibility index (Phi) is 3.23. The third-order valence-corrected chi connectivity index (χ3v) is 3.52. The summed E-state index contributed by atoms with van der Waals surface area (Å²) in [7, 11) is 0. The first-order chi connectivity index (χ1) is 10.1. The normalized spacial score (nSPS) is 28.9. The molecule has 0 spiro atoms. The average Bonchev–Trinajstić information content (AvgIpc) is 2.97. The molecule has 1 saturated heterocycles. The van der Waals surface area contributed by atoms with Crippen LogP contribution in [0.4, 0.5) is 5.95 Å². The lowest BCUT2D eigenvalue weighted by atomic mass is 10.1. The predicted molar refractivity (Wildman–Crippen MR) is 68.8 cm³/mol. The molecule has 2 aromatic rings. The van der Waals surface area contributed by atoms with Crippen molar-refractivity contribution in [3.63, 3.8) is 0 Å². The number of aliphatic hydroxyl groups is 3. The highest BCUT2D eigenvalue weighted by atomic mass is 16.6. The number of hydrogen-bond acceptors (Lipinski definition) is 8. The highest BCUT2D eigenvalue weighted by Gasteiger charge is 2.44. The van der Waals surface area contributed by atoms with Gasteiger partial charge in [0.05, 0.1) is 24.1 Å². The van der Waals surface area contributed by atoms with E-state index in [1.54, 1.807) is 0 Å². The van der Waals surface area contributed by atoms with E-state index in [1.807, 2.05) is 6.07 Å². The van der Waals surface area contributed by atoms with E-state index in [0.717, 1.165) is 0 Å². The highest BCUT2D eigenvalue weighted by Crippen LogP contribution is 2.35. The van der Waals surface area contributed by atoms with Gasteiger partial charge in [-0.2, -0.15) is 5.26 Å². The first-order valence-corrected chi connectivity index (χ1v) is 6.23. The molecule has 0 aliphatic carbocycles. The van der Waals surface area contributed by atoms with E-state index < -0.39 is 31.0 Å². The highest BCUT2D eigenvalue weighted by molar-refractivity contribution is 5.62. The number of nitrogens with two attached hydrogens (primary N) is 1. The summed E-state index contributed by atoms with van der Waals surface area (Å²) in [5, 5.41) is 42.1. The second-order valence-electron chi connectivity index (χ2n) is 4.77. The minimum atomic E-state index is -1.25. The van der Waals surface area contributed by atoms with Crippen LogP contribution in [0.25, 0.3) is 5.52 Å². The summed E-state index contributed by atoms with van der Waals surface area (Å²) in [6.07, 6.45) is -2.91. The summed E-state index contributed by atoms with van der Waals surface area (Å²) in [4.78, 5) is 3.82. The largest absolute Gasteiger partial charge is 0.394 e. The maximum atomic E-state index is 10.1. The molecule has 9 heteroatoms. The van der Waals surface area contributed by atoms with Crippen LogP contribution in [0.5, 0.6) is 0 Å². The molecule has 3 rings (SSSR count). The van der Waals surface area contributed by atoms with Crippen molar-refractivity contribution in [2.24, 2.45) is 0 Å². The van der Waals surface area contributed by atoms with Crippen molar-refractivity contribution in [1.29, 1.82) is 5.26 Å². The van der Waals surface area contributed by atoms with E-state index in [9.17, 15) is 10.2 Å². The second-order valence-corrected chi connectivity index (χ2v) is 4.77. The Morgan fingerprint density at radius 2 is 2.19 bits per heavy atom. The zero-order chi connectivity index (χ0) is 15.1. The van der Waals surface area contributed by atoms with Crippen molar-refractivity contribution in [3.05, 3.63) is 23.5 Å². The molecule has 1 fully saturated rings. The van der Waals surface area contributed by atoms with Crippen LogP contribution >= 0.6 is 0 Å². The Labute approximate surface area is 118 Å². The van der Waals surface area contributed by atoms with Gasteiger partial charge in [0, 0.05) is 0 Å². The van der Waals surface area contributed by atoms with Crippen LogP contribution in [0.1, 0.15) is 17.4 Å².